The first kappa shape index (κ1) is 11.8. The molecule has 0 saturated carbocycles. The van der Waals surface area contributed by atoms with E-state index in [2.05, 4.69) is 35.0 Å². The minimum Gasteiger partial charge on any atom is -0.198 e. The van der Waals surface area contributed by atoms with Gasteiger partial charge in [0.25, 0.3) is 0 Å². The predicted molar refractivity (Wildman–Crippen MR) is 62.2 cm³/mol. The molecule has 0 atom stereocenters. The SMILES string of the molecule is CCCc1cc(Br)c(C#N)cc1CC#N. The Morgan fingerprint density at radius 2 is 2.00 bits per heavy atom. The molecule has 0 aromatic heterocycles. The van der Waals surface area contributed by atoms with Gasteiger partial charge in [-0.05, 0) is 45.6 Å². The highest BCUT2D eigenvalue weighted by molar-refractivity contribution is 9.10. The third kappa shape index (κ3) is 2.81. The van der Waals surface area contributed by atoms with Crippen LogP contribution in [0.25, 0.3) is 0 Å². The Bertz CT molecular complexity index is 438. The van der Waals surface area contributed by atoms with Gasteiger partial charge in [-0.1, -0.05) is 13.3 Å². The van der Waals surface area contributed by atoms with Crippen molar-refractivity contribution >= 4 is 15.9 Å². The summed E-state index contributed by atoms with van der Waals surface area (Å²) in [5, 5.41) is 17.6. The van der Waals surface area contributed by atoms with Crippen LogP contribution in [0.4, 0.5) is 0 Å². The molecule has 0 bridgehead atoms. The van der Waals surface area contributed by atoms with Crippen molar-refractivity contribution in [3.8, 4) is 12.1 Å². The molecule has 15 heavy (non-hydrogen) atoms. The molecule has 0 N–H and O–H groups in total. The second kappa shape index (κ2) is 5.53. The van der Waals surface area contributed by atoms with Crippen LogP contribution in [-0.4, -0.2) is 0 Å². The molecule has 0 aliphatic rings. The number of halogens is 1. The molecule has 0 heterocycles. The maximum Gasteiger partial charge on any atom is 0.100 e. The molecule has 2 nitrogen and oxygen atoms in total. The Morgan fingerprint density at radius 1 is 1.27 bits per heavy atom. The third-order valence-electron chi connectivity index (χ3n) is 2.20. The molecule has 76 valence electrons. The van der Waals surface area contributed by atoms with E-state index < -0.39 is 0 Å². The van der Waals surface area contributed by atoms with Crippen LogP contribution in [0.3, 0.4) is 0 Å². The normalized spacial score (nSPS) is 9.33. The zero-order valence-corrected chi connectivity index (χ0v) is 10.1. The van der Waals surface area contributed by atoms with E-state index in [0.29, 0.717) is 12.0 Å². The first-order valence-corrected chi connectivity index (χ1v) is 5.60. The Labute approximate surface area is 98.3 Å². The van der Waals surface area contributed by atoms with Crippen LogP contribution in [-0.2, 0) is 12.8 Å². The molecular weight excluding hydrogens is 252 g/mol. The monoisotopic (exact) mass is 262 g/mol. The first-order chi connectivity index (χ1) is 7.22. The standard InChI is InChI=1S/C12H11BrN2/c1-2-3-9-7-12(13)11(8-15)6-10(9)4-5-14/h6-7H,2-4H2,1H3. The van der Waals surface area contributed by atoms with Crippen LogP contribution in [0.2, 0.25) is 0 Å². The van der Waals surface area contributed by atoms with E-state index in [1.807, 2.05) is 6.07 Å². The third-order valence-corrected chi connectivity index (χ3v) is 2.85. The van der Waals surface area contributed by atoms with Crippen LogP contribution >= 0.6 is 15.9 Å². The minimum atomic E-state index is 0.372. The fourth-order valence-corrected chi connectivity index (χ4v) is 1.98. The molecule has 3 heteroatoms. The van der Waals surface area contributed by atoms with E-state index in [1.165, 1.54) is 0 Å². The topological polar surface area (TPSA) is 47.6 Å². The van der Waals surface area contributed by atoms with Crippen molar-refractivity contribution in [2.24, 2.45) is 0 Å². The summed E-state index contributed by atoms with van der Waals surface area (Å²) in [4.78, 5) is 0. The zero-order chi connectivity index (χ0) is 11.3. The number of benzene rings is 1. The highest BCUT2D eigenvalue weighted by Crippen LogP contribution is 2.23. The Balaban J connectivity index is 3.21. The molecule has 0 unspecified atom stereocenters. The summed E-state index contributed by atoms with van der Waals surface area (Å²) in [7, 11) is 0. The van der Waals surface area contributed by atoms with E-state index in [9.17, 15) is 0 Å². The molecule has 0 spiro atoms. The van der Waals surface area contributed by atoms with Gasteiger partial charge in [0.2, 0.25) is 0 Å². The van der Waals surface area contributed by atoms with Crippen molar-refractivity contribution in [2.75, 3.05) is 0 Å². The second-order valence-corrected chi connectivity index (χ2v) is 4.15. The minimum absolute atomic E-state index is 0.372. The lowest BCUT2D eigenvalue weighted by Gasteiger charge is -2.07. The van der Waals surface area contributed by atoms with Gasteiger partial charge in [-0.2, -0.15) is 10.5 Å². The van der Waals surface area contributed by atoms with E-state index in [-0.39, 0.29) is 0 Å². The fourth-order valence-electron chi connectivity index (χ4n) is 1.50. The first-order valence-electron chi connectivity index (χ1n) is 4.81. The van der Waals surface area contributed by atoms with Gasteiger partial charge in [0.15, 0.2) is 0 Å². The second-order valence-electron chi connectivity index (χ2n) is 3.30. The van der Waals surface area contributed by atoms with Crippen LogP contribution < -0.4 is 0 Å². The predicted octanol–water partition coefficient (Wildman–Crippen LogP) is 3.34. The highest BCUT2D eigenvalue weighted by atomic mass is 79.9. The molecule has 0 aliphatic carbocycles. The Morgan fingerprint density at radius 3 is 2.53 bits per heavy atom. The average Bonchev–Trinajstić information content (AvgIpc) is 2.22. The molecule has 1 rings (SSSR count). The summed E-state index contributed by atoms with van der Waals surface area (Å²) >= 11 is 3.36. The average molecular weight is 263 g/mol. The molecule has 1 aromatic rings. The maximum atomic E-state index is 8.87. The van der Waals surface area contributed by atoms with E-state index in [0.717, 1.165) is 28.4 Å². The van der Waals surface area contributed by atoms with Gasteiger partial charge in [0, 0.05) is 4.47 Å². The summed E-state index contributed by atoms with van der Waals surface area (Å²) in [6, 6.07) is 7.99. The molecule has 1 aromatic carbocycles. The molecular formula is C12H11BrN2. The van der Waals surface area contributed by atoms with E-state index >= 15 is 0 Å². The van der Waals surface area contributed by atoms with Crippen LogP contribution in [0, 0.1) is 22.7 Å². The van der Waals surface area contributed by atoms with Gasteiger partial charge < -0.3 is 0 Å². The van der Waals surface area contributed by atoms with Gasteiger partial charge in [0.05, 0.1) is 18.1 Å². The summed E-state index contributed by atoms with van der Waals surface area (Å²) in [6.07, 6.45) is 2.36. The molecule has 0 fully saturated rings. The van der Waals surface area contributed by atoms with Gasteiger partial charge in [-0.15, -0.1) is 0 Å². The van der Waals surface area contributed by atoms with E-state index in [1.54, 1.807) is 6.07 Å². The van der Waals surface area contributed by atoms with Gasteiger partial charge in [-0.3, -0.25) is 0 Å². The lowest BCUT2D eigenvalue weighted by atomic mass is 9.99. The number of rotatable bonds is 3. The van der Waals surface area contributed by atoms with Crippen molar-refractivity contribution in [1.82, 2.24) is 0 Å². The van der Waals surface area contributed by atoms with Crippen molar-refractivity contribution in [1.29, 1.82) is 10.5 Å². The summed E-state index contributed by atoms with van der Waals surface area (Å²) in [6.45, 7) is 2.10. The molecule has 0 amide bonds. The smallest absolute Gasteiger partial charge is 0.100 e. The Hall–Kier alpha value is -1.32. The number of nitrogens with zero attached hydrogens (tertiary/aromatic N) is 2. The highest BCUT2D eigenvalue weighted by Gasteiger charge is 2.07. The van der Waals surface area contributed by atoms with Crippen molar-refractivity contribution in [3.63, 3.8) is 0 Å². The zero-order valence-electron chi connectivity index (χ0n) is 8.55. The van der Waals surface area contributed by atoms with E-state index in [4.69, 9.17) is 10.5 Å². The number of hydrogen-bond acceptors (Lipinski definition) is 2. The molecule has 0 aliphatic heterocycles. The summed E-state index contributed by atoms with van der Waals surface area (Å²) < 4.78 is 0.815. The number of hydrogen-bond donors (Lipinski definition) is 0. The summed E-state index contributed by atoms with van der Waals surface area (Å²) in [5.41, 5.74) is 2.73. The molecule has 0 saturated heterocycles. The van der Waals surface area contributed by atoms with Crippen molar-refractivity contribution in [3.05, 3.63) is 33.3 Å². The quantitative estimate of drug-likeness (QED) is 0.839. The van der Waals surface area contributed by atoms with Gasteiger partial charge in [-0.25, -0.2) is 0 Å². The van der Waals surface area contributed by atoms with Crippen LogP contribution in [0.1, 0.15) is 30.0 Å². The van der Waals surface area contributed by atoms with Crippen LogP contribution in [0.15, 0.2) is 16.6 Å². The van der Waals surface area contributed by atoms with Gasteiger partial charge >= 0.3 is 0 Å². The fraction of sp³-hybridized carbons (Fsp3) is 0.333. The van der Waals surface area contributed by atoms with Crippen molar-refractivity contribution in [2.45, 2.75) is 26.2 Å². The van der Waals surface area contributed by atoms with Crippen molar-refractivity contribution < 1.29 is 0 Å². The largest absolute Gasteiger partial charge is 0.198 e. The van der Waals surface area contributed by atoms with Gasteiger partial charge in [0.1, 0.15) is 6.07 Å². The molecule has 0 radical (unpaired) electrons. The lowest BCUT2D eigenvalue weighted by molar-refractivity contribution is 0.905. The Kier molecular flexibility index (Phi) is 4.34. The lowest BCUT2D eigenvalue weighted by Crippen LogP contribution is -1.95. The maximum absolute atomic E-state index is 8.87. The number of nitriles is 2. The summed E-state index contributed by atoms with van der Waals surface area (Å²) in [5.74, 6) is 0. The number of aryl methyl sites for hydroxylation is 1. The van der Waals surface area contributed by atoms with Crippen LogP contribution in [0.5, 0.6) is 0 Å².